The van der Waals surface area contributed by atoms with Gasteiger partial charge in [-0.3, -0.25) is 10.1 Å². The van der Waals surface area contributed by atoms with Crippen molar-refractivity contribution in [2.75, 3.05) is 0 Å². The minimum absolute atomic E-state index is 0.123. The van der Waals surface area contributed by atoms with Crippen LogP contribution in [-0.2, 0) is 4.79 Å². The van der Waals surface area contributed by atoms with Crippen LogP contribution in [0.25, 0.3) is 0 Å². The molecule has 3 N–H and O–H groups in total. The Bertz CT molecular complexity index is 339. The lowest BCUT2D eigenvalue weighted by atomic mass is 10.0. The number of rotatable bonds is 0. The van der Waals surface area contributed by atoms with Crippen LogP contribution in [0.1, 0.15) is 6.92 Å². The van der Waals surface area contributed by atoms with E-state index in [0.717, 1.165) is 5.57 Å². The van der Waals surface area contributed by atoms with Gasteiger partial charge in [0.15, 0.2) is 0 Å². The third-order valence-electron chi connectivity index (χ3n) is 1.86. The summed E-state index contributed by atoms with van der Waals surface area (Å²) in [5, 5.41) is 2.45. The molecule has 0 aromatic heterocycles. The number of nitrogens with two attached hydrogens (primary N) is 1. The van der Waals surface area contributed by atoms with Crippen molar-refractivity contribution in [2.24, 2.45) is 21.6 Å². The predicted molar refractivity (Wildman–Crippen MR) is 44.4 cm³/mol. The minimum atomic E-state index is -0.322. The number of guanidine groups is 1. The van der Waals surface area contributed by atoms with Crippen molar-refractivity contribution in [1.29, 1.82) is 0 Å². The summed E-state index contributed by atoms with van der Waals surface area (Å²) < 4.78 is 0. The van der Waals surface area contributed by atoms with Crippen molar-refractivity contribution >= 4 is 17.7 Å². The molecule has 12 heavy (non-hydrogen) atoms. The van der Waals surface area contributed by atoms with Crippen LogP contribution in [0, 0.1) is 5.92 Å². The van der Waals surface area contributed by atoms with Crippen molar-refractivity contribution in [3.05, 3.63) is 11.8 Å². The third-order valence-corrected chi connectivity index (χ3v) is 1.86. The summed E-state index contributed by atoms with van der Waals surface area (Å²) >= 11 is 0. The van der Waals surface area contributed by atoms with Gasteiger partial charge >= 0.3 is 0 Å². The quantitative estimate of drug-likeness (QED) is 0.499. The Kier molecular flexibility index (Phi) is 1.27. The van der Waals surface area contributed by atoms with Crippen molar-refractivity contribution in [3.8, 4) is 0 Å². The summed E-state index contributed by atoms with van der Waals surface area (Å²) in [6.45, 7) is 1.85. The Morgan fingerprint density at radius 3 is 3.17 bits per heavy atom. The van der Waals surface area contributed by atoms with Crippen molar-refractivity contribution in [1.82, 2.24) is 5.32 Å². The molecule has 0 aliphatic carbocycles. The molecule has 1 unspecified atom stereocenters. The highest BCUT2D eigenvalue weighted by atomic mass is 16.2. The van der Waals surface area contributed by atoms with Gasteiger partial charge in [0.2, 0.25) is 11.9 Å². The van der Waals surface area contributed by atoms with E-state index in [1.54, 1.807) is 6.20 Å². The van der Waals surface area contributed by atoms with E-state index >= 15 is 0 Å². The highest BCUT2D eigenvalue weighted by Gasteiger charge is 2.33. The van der Waals surface area contributed by atoms with Gasteiger partial charge in [0.05, 0.1) is 0 Å². The van der Waals surface area contributed by atoms with Crippen LogP contribution in [-0.4, -0.2) is 17.7 Å². The van der Waals surface area contributed by atoms with Gasteiger partial charge in [-0.2, -0.15) is 4.99 Å². The molecule has 1 atom stereocenters. The van der Waals surface area contributed by atoms with E-state index in [0.29, 0.717) is 5.84 Å². The molecule has 0 aromatic carbocycles. The molecule has 0 spiro atoms. The molecule has 0 radical (unpaired) electrons. The van der Waals surface area contributed by atoms with E-state index in [9.17, 15) is 4.79 Å². The standard InChI is InChI=1S/C7H8N4O/c1-3-2-9-5-4(3)6(12)11-7(8)10-5/h2,4H,1H3,(H3,8,9,10,11,12). The highest BCUT2D eigenvalue weighted by Crippen LogP contribution is 2.21. The number of fused-ring (bicyclic) bond motifs is 1. The maximum absolute atomic E-state index is 11.3. The van der Waals surface area contributed by atoms with Crippen molar-refractivity contribution in [3.63, 3.8) is 0 Å². The maximum atomic E-state index is 11.3. The normalized spacial score (nSPS) is 26.9. The molecule has 0 bridgehead atoms. The number of aliphatic imine (C=N–C) groups is 2. The van der Waals surface area contributed by atoms with E-state index in [-0.39, 0.29) is 17.8 Å². The average molecular weight is 164 g/mol. The number of hydrogen-bond donors (Lipinski definition) is 2. The second-order valence-corrected chi connectivity index (χ2v) is 2.78. The lowest BCUT2D eigenvalue weighted by molar-refractivity contribution is -0.120. The Morgan fingerprint density at radius 2 is 2.42 bits per heavy atom. The van der Waals surface area contributed by atoms with Gasteiger partial charge in [-0.15, -0.1) is 0 Å². The van der Waals surface area contributed by atoms with Gasteiger partial charge in [0.25, 0.3) is 0 Å². The van der Waals surface area contributed by atoms with Gasteiger partial charge < -0.3 is 5.73 Å². The zero-order valence-electron chi connectivity index (χ0n) is 6.53. The lowest BCUT2D eigenvalue weighted by Crippen LogP contribution is -2.47. The number of hydrogen-bond acceptors (Lipinski definition) is 4. The molecule has 2 aliphatic rings. The molecule has 62 valence electrons. The summed E-state index contributed by atoms with van der Waals surface area (Å²) in [6.07, 6.45) is 1.64. The Hall–Kier alpha value is -1.65. The van der Waals surface area contributed by atoms with Crippen LogP contribution in [0.4, 0.5) is 0 Å². The van der Waals surface area contributed by atoms with Crippen LogP contribution in [0.3, 0.4) is 0 Å². The van der Waals surface area contributed by atoms with Gasteiger partial charge in [-0.05, 0) is 12.5 Å². The number of amidine groups is 1. The maximum Gasteiger partial charge on any atom is 0.241 e. The summed E-state index contributed by atoms with van der Waals surface area (Å²) in [7, 11) is 0. The third kappa shape index (κ3) is 0.827. The molecule has 0 saturated heterocycles. The number of nitrogens with one attached hydrogen (secondary N) is 1. The molecule has 2 rings (SSSR count). The molecule has 1 amide bonds. The Labute approximate surface area is 69.1 Å². The summed E-state index contributed by atoms with van der Waals surface area (Å²) in [5.41, 5.74) is 6.24. The molecule has 5 nitrogen and oxygen atoms in total. The van der Waals surface area contributed by atoms with Crippen LogP contribution >= 0.6 is 0 Å². The molecule has 0 saturated carbocycles. The molecule has 2 heterocycles. The first-order chi connectivity index (χ1) is 5.68. The highest BCUT2D eigenvalue weighted by molar-refractivity contribution is 6.19. The van der Waals surface area contributed by atoms with E-state index in [1.807, 2.05) is 6.92 Å². The largest absolute Gasteiger partial charge is 0.369 e. The summed E-state index contributed by atoms with van der Waals surface area (Å²) in [4.78, 5) is 19.2. The van der Waals surface area contributed by atoms with E-state index in [1.165, 1.54) is 0 Å². The molecular weight excluding hydrogens is 156 g/mol. The van der Waals surface area contributed by atoms with Crippen LogP contribution in [0.5, 0.6) is 0 Å². The topological polar surface area (TPSA) is 79.8 Å². The first-order valence-electron chi connectivity index (χ1n) is 3.58. The van der Waals surface area contributed by atoms with Gasteiger partial charge in [-0.25, -0.2) is 4.99 Å². The second-order valence-electron chi connectivity index (χ2n) is 2.78. The van der Waals surface area contributed by atoms with Crippen LogP contribution in [0.15, 0.2) is 21.8 Å². The monoisotopic (exact) mass is 164 g/mol. The van der Waals surface area contributed by atoms with Crippen molar-refractivity contribution in [2.45, 2.75) is 6.92 Å². The number of nitrogens with zero attached hydrogens (tertiary/aromatic N) is 2. The van der Waals surface area contributed by atoms with Gasteiger partial charge in [-0.1, -0.05) is 0 Å². The molecule has 5 heteroatoms. The molecular formula is C7H8N4O. The van der Waals surface area contributed by atoms with Gasteiger partial charge in [0, 0.05) is 6.20 Å². The van der Waals surface area contributed by atoms with E-state index < -0.39 is 0 Å². The summed E-state index contributed by atoms with van der Waals surface area (Å²) in [5.74, 6) is 0.150. The van der Waals surface area contributed by atoms with Crippen molar-refractivity contribution < 1.29 is 4.79 Å². The second kappa shape index (κ2) is 2.17. The fourth-order valence-electron chi connectivity index (χ4n) is 1.29. The van der Waals surface area contributed by atoms with E-state index in [4.69, 9.17) is 5.73 Å². The zero-order chi connectivity index (χ0) is 8.72. The smallest absolute Gasteiger partial charge is 0.241 e. The first kappa shape index (κ1) is 7.02. The van der Waals surface area contributed by atoms with Crippen LogP contribution < -0.4 is 11.1 Å². The Balaban J connectivity index is 2.42. The number of amides is 1. The fourth-order valence-corrected chi connectivity index (χ4v) is 1.29. The summed E-state index contributed by atoms with van der Waals surface area (Å²) in [6, 6.07) is 0. The van der Waals surface area contributed by atoms with E-state index in [2.05, 4.69) is 15.3 Å². The molecule has 2 aliphatic heterocycles. The first-order valence-corrected chi connectivity index (χ1v) is 3.58. The predicted octanol–water partition coefficient (Wildman–Crippen LogP) is -0.637. The fraction of sp³-hybridized carbons (Fsp3) is 0.286. The van der Waals surface area contributed by atoms with Crippen LogP contribution in [0.2, 0.25) is 0 Å². The average Bonchev–Trinajstić information content (AvgIpc) is 2.31. The zero-order valence-corrected chi connectivity index (χ0v) is 6.53. The lowest BCUT2D eigenvalue weighted by Gasteiger charge is -2.17. The number of carbonyl (C=O) groups is 1. The molecule has 0 fully saturated rings. The Morgan fingerprint density at radius 1 is 1.67 bits per heavy atom. The SMILES string of the molecule is CC1=CN=C2N=C(N)NC(=O)C12. The number of carbonyl (C=O) groups excluding carboxylic acids is 1. The van der Waals surface area contributed by atoms with Gasteiger partial charge in [0.1, 0.15) is 11.8 Å². The minimum Gasteiger partial charge on any atom is -0.369 e. The molecule has 0 aromatic rings.